The Morgan fingerprint density at radius 2 is 1.59 bits per heavy atom. The van der Waals surface area contributed by atoms with E-state index >= 15 is 0 Å². The van der Waals surface area contributed by atoms with Crippen LogP contribution < -0.4 is 9.80 Å². The van der Waals surface area contributed by atoms with Gasteiger partial charge in [-0.2, -0.15) is 13.2 Å². The number of rotatable bonds is 7. The molecule has 0 N–H and O–H groups in total. The maximum absolute atomic E-state index is 14.0. The summed E-state index contributed by atoms with van der Waals surface area (Å²) < 4.78 is 40.4. The molecule has 2 atom stereocenters. The van der Waals surface area contributed by atoms with E-state index in [1.807, 2.05) is 47.4 Å². The highest BCUT2D eigenvalue weighted by atomic mass is 35.5. The molecule has 0 aliphatic carbocycles. The van der Waals surface area contributed by atoms with Crippen molar-refractivity contribution < 1.29 is 18.0 Å². The van der Waals surface area contributed by atoms with Gasteiger partial charge in [-0.3, -0.25) is 4.79 Å². The van der Waals surface area contributed by atoms with Crippen molar-refractivity contribution in [2.75, 3.05) is 49.1 Å². The molecule has 0 saturated carbocycles. The highest BCUT2D eigenvalue weighted by Gasteiger charge is 2.41. The zero-order chi connectivity index (χ0) is 29.1. The van der Waals surface area contributed by atoms with Gasteiger partial charge in [0, 0.05) is 61.6 Å². The Balaban J connectivity index is 1.32. The lowest BCUT2D eigenvalue weighted by atomic mass is 9.88. The number of hydrogen-bond donors (Lipinski definition) is 0. The molecule has 1 amide bonds. The number of halogens is 4. The predicted molar refractivity (Wildman–Crippen MR) is 160 cm³/mol. The van der Waals surface area contributed by atoms with Gasteiger partial charge in [0.05, 0.1) is 11.5 Å². The third-order valence-electron chi connectivity index (χ3n) is 8.39. The van der Waals surface area contributed by atoms with E-state index in [0.717, 1.165) is 35.5 Å². The first-order chi connectivity index (χ1) is 19.6. The molecule has 2 aliphatic rings. The summed E-state index contributed by atoms with van der Waals surface area (Å²) in [5, 5.41) is 0.668. The van der Waals surface area contributed by atoms with Gasteiger partial charge >= 0.3 is 6.18 Å². The van der Waals surface area contributed by atoms with Crippen molar-refractivity contribution in [3.8, 4) is 0 Å². The van der Waals surface area contributed by atoms with Crippen molar-refractivity contribution >= 4 is 28.9 Å². The number of carbonyl (C=O) groups is 1. The second kappa shape index (κ2) is 12.4. The molecule has 2 saturated heterocycles. The monoisotopic (exact) mass is 583 g/mol. The van der Waals surface area contributed by atoms with Gasteiger partial charge in [0.15, 0.2) is 0 Å². The SMILES string of the molecule is CC(C)CCc1cc(C(F)(F)F)ccc1N1CCN(C(=O)[C@@H]2CN(c3ccccc3)CC2c2ccc(Cl)cc2)CC1. The summed E-state index contributed by atoms with van der Waals surface area (Å²) in [4.78, 5) is 20.4. The van der Waals surface area contributed by atoms with Gasteiger partial charge in [-0.15, -0.1) is 0 Å². The third kappa shape index (κ3) is 6.83. The molecule has 3 aromatic carbocycles. The average Bonchev–Trinajstić information content (AvgIpc) is 3.41. The van der Waals surface area contributed by atoms with Gasteiger partial charge in [-0.1, -0.05) is 55.8 Å². The molecule has 2 aliphatic heterocycles. The first-order valence-corrected chi connectivity index (χ1v) is 14.8. The van der Waals surface area contributed by atoms with E-state index < -0.39 is 11.7 Å². The van der Waals surface area contributed by atoms with Crippen LogP contribution in [0.1, 0.15) is 42.9 Å². The number of carbonyl (C=O) groups excluding carboxylic acids is 1. The van der Waals surface area contributed by atoms with Crippen LogP contribution in [0.2, 0.25) is 5.02 Å². The maximum atomic E-state index is 14.0. The summed E-state index contributed by atoms with van der Waals surface area (Å²) >= 11 is 6.16. The van der Waals surface area contributed by atoms with Crippen LogP contribution in [0.15, 0.2) is 72.8 Å². The van der Waals surface area contributed by atoms with Crippen molar-refractivity contribution in [3.05, 3.63) is 94.5 Å². The molecule has 2 heterocycles. The van der Waals surface area contributed by atoms with Crippen LogP contribution in [0, 0.1) is 11.8 Å². The molecule has 0 bridgehead atoms. The molecule has 0 aromatic heterocycles. The van der Waals surface area contributed by atoms with Crippen molar-refractivity contribution in [3.63, 3.8) is 0 Å². The quantitative estimate of drug-likeness (QED) is 0.288. The Hall–Kier alpha value is -3.19. The minimum absolute atomic E-state index is 0.0375. The smallest absolute Gasteiger partial charge is 0.370 e. The van der Waals surface area contributed by atoms with Crippen molar-refractivity contribution in [1.82, 2.24) is 4.90 Å². The van der Waals surface area contributed by atoms with Gasteiger partial charge in [-0.05, 0) is 72.4 Å². The van der Waals surface area contributed by atoms with Crippen LogP contribution in [-0.4, -0.2) is 50.1 Å². The number of benzene rings is 3. The second-order valence-electron chi connectivity index (χ2n) is 11.6. The van der Waals surface area contributed by atoms with Crippen molar-refractivity contribution in [1.29, 1.82) is 0 Å². The molecule has 5 rings (SSSR count). The summed E-state index contributed by atoms with van der Waals surface area (Å²) in [6.07, 6.45) is -2.96. The molecule has 218 valence electrons. The minimum atomic E-state index is -4.37. The summed E-state index contributed by atoms with van der Waals surface area (Å²) in [5.41, 5.74) is 3.17. The Morgan fingerprint density at radius 1 is 0.902 bits per heavy atom. The third-order valence-corrected chi connectivity index (χ3v) is 8.64. The van der Waals surface area contributed by atoms with Gasteiger partial charge in [0.2, 0.25) is 5.91 Å². The van der Waals surface area contributed by atoms with E-state index in [4.69, 9.17) is 11.6 Å². The van der Waals surface area contributed by atoms with Gasteiger partial charge in [-0.25, -0.2) is 0 Å². The topological polar surface area (TPSA) is 26.8 Å². The molecule has 0 radical (unpaired) electrons. The first-order valence-electron chi connectivity index (χ1n) is 14.4. The molecule has 1 unspecified atom stereocenters. The number of alkyl halides is 3. The predicted octanol–water partition coefficient (Wildman–Crippen LogP) is 7.52. The number of nitrogens with zero attached hydrogens (tertiary/aromatic N) is 3. The van der Waals surface area contributed by atoms with E-state index in [-0.39, 0.29) is 17.7 Å². The summed E-state index contributed by atoms with van der Waals surface area (Å²) in [6.45, 7) is 7.80. The second-order valence-corrected chi connectivity index (χ2v) is 12.0. The largest absolute Gasteiger partial charge is 0.416 e. The highest BCUT2D eigenvalue weighted by Crippen LogP contribution is 2.38. The fraction of sp³-hybridized carbons (Fsp3) is 0.424. The molecule has 41 heavy (non-hydrogen) atoms. The van der Waals surface area contributed by atoms with Crippen LogP contribution in [-0.2, 0) is 17.4 Å². The van der Waals surface area contributed by atoms with E-state index in [1.54, 1.807) is 6.07 Å². The van der Waals surface area contributed by atoms with Crippen molar-refractivity contribution in [2.24, 2.45) is 11.8 Å². The van der Waals surface area contributed by atoms with Gasteiger partial charge < -0.3 is 14.7 Å². The van der Waals surface area contributed by atoms with E-state index in [0.29, 0.717) is 50.1 Å². The van der Waals surface area contributed by atoms with Crippen LogP contribution >= 0.6 is 11.6 Å². The lowest BCUT2D eigenvalue weighted by molar-refractivity contribution is -0.138. The van der Waals surface area contributed by atoms with Crippen LogP contribution in [0.3, 0.4) is 0 Å². The Morgan fingerprint density at radius 3 is 2.22 bits per heavy atom. The molecule has 4 nitrogen and oxygen atoms in total. The van der Waals surface area contributed by atoms with Gasteiger partial charge in [0.1, 0.15) is 0 Å². The maximum Gasteiger partial charge on any atom is 0.416 e. The summed E-state index contributed by atoms with van der Waals surface area (Å²) in [6, 6.07) is 22.1. The number of hydrogen-bond acceptors (Lipinski definition) is 3. The number of aryl methyl sites for hydroxylation is 1. The zero-order valence-corrected chi connectivity index (χ0v) is 24.3. The Kier molecular flexibility index (Phi) is 8.83. The molecular formula is C33H37ClF3N3O. The molecule has 0 spiro atoms. The summed E-state index contributed by atoms with van der Waals surface area (Å²) in [7, 11) is 0. The molecular weight excluding hydrogens is 547 g/mol. The number of anilines is 2. The van der Waals surface area contributed by atoms with Crippen LogP contribution in [0.25, 0.3) is 0 Å². The Labute approximate surface area is 245 Å². The molecule has 8 heteroatoms. The molecule has 2 fully saturated rings. The minimum Gasteiger partial charge on any atom is -0.370 e. The number of amides is 1. The zero-order valence-electron chi connectivity index (χ0n) is 23.6. The first kappa shape index (κ1) is 29.3. The fourth-order valence-electron chi connectivity index (χ4n) is 6.07. The average molecular weight is 584 g/mol. The van der Waals surface area contributed by atoms with E-state index in [1.165, 1.54) is 12.1 Å². The van der Waals surface area contributed by atoms with E-state index in [9.17, 15) is 18.0 Å². The van der Waals surface area contributed by atoms with E-state index in [2.05, 4.69) is 35.8 Å². The summed E-state index contributed by atoms with van der Waals surface area (Å²) in [5.74, 6) is 0.365. The van der Waals surface area contributed by atoms with Gasteiger partial charge in [0.25, 0.3) is 0 Å². The highest BCUT2D eigenvalue weighted by molar-refractivity contribution is 6.30. The molecule has 3 aromatic rings. The Bertz CT molecular complexity index is 1320. The van der Waals surface area contributed by atoms with Crippen LogP contribution in [0.5, 0.6) is 0 Å². The normalized spacial score (nSPS) is 19.7. The van der Waals surface area contributed by atoms with Crippen LogP contribution in [0.4, 0.5) is 24.5 Å². The number of piperazine rings is 1. The number of para-hydroxylation sites is 1. The van der Waals surface area contributed by atoms with Crippen molar-refractivity contribution in [2.45, 2.75) is 38.8 Å². The lowest BCUT2D eigenvalue weighted by Gasteiger charge is -2.38. The standard InChI is InChI=1S/C33H37ClF3N3O/c1-23(2)8-9-25-20-26(33(35,36)37)12-15-31(25)38-16-18-39(19-17-38)32(41)30-22-40(28-6-4-3-5-7-28)21-29(30)24-10-13-27(34)14-11-24/h3-7,10-15,20,23,29-30H,8-9,16-19,21-22H2,1-2H3/t29?,30-/m1/s1. The lowest BCUT2D eigenvalue weighted by Crippen LogP contribution is -2.51. The fourth-order valence-corrected chi connectivity index (χ4v) is 6.19.